The predicted octanol–water partition coefficient (Wildman–Crippen LogP) is 2.93. The van der Waals surface area contributed by atoms with Crippen molar-refractivity contribution in [3.63, 3.8) is 0 Å². The van der Waals surface area contributed by atoms with Gasteiger partial charge in [-0.25, -0.2) is 13.8 Å². The van der Waals surface area contributed by atoms with Crippen LogP contribution in [-0.4, -0.2) is 4.98 Å². The monoisotopic (exact) mass is 226 g/mol. The fourth-order valence-electron chi connectivity index (χ4n) is 1.09. The molecule has 84 valence electrons. The molecule has 0 aliphatic rings. The summed E-state index contributed by atoms with van der Waals surface area (Å²) in [5, 5.41) is 0. The molecule has 0 spiro atoms. The minimum absolute atomic E-state index is 0.199. The summed E-state index contributed by atoms with van der Waals surface area (Å²) in [5.74, 6) is -0.788. The lowest BCUT2D eigenvalue weighted by Gasteiger charge is -2.12. The van der Waals surface area contributed by atoms with Gasteiger partial charge in [-0.3, -0.25) is 0 Å². The maximum atomic E-state index is 12.3. The Morgan fingerprint density at radius 3 is 2.27 bits per heavy atom. The van der Waals surface area contributed by atoms with E-state index in [9.17, 15) is 22.0 Å². The lowest BCUT2D eigenvalue weighted by molar-refractivity contribution is -0.137. The fraction of sp³-hybridized carbons (Fsp3) is 0.375. The first-order valence-electron chi connectivity index (χ1n) is 3.86. The highest BCUT2D eigenvalue weighted by Gasteiger charge is 2.35. The first kappa shape index (κ1) is 11.7. The van der Waals surface area contributed by atoms with Gasteiger partial charge in [-0.2, -0.15) is 13.2 Å². The van der Waals surface area contributed by atoms with E-state index in [1.165, 1.54) is 6.92 Å². The minimum atomic E-state index is -4.77. The number of aryl methyl sites for hydroxylation is 1. The molecule has 7 heteroatoms. The van der Waals surface area contributed by atoms with Crippen LogP contribution in [0.15, 0.2) is 6.07 Å². The molecule has 0 saturated carbocycles. The molecule has 15 heavy (non-hydrogen) atoms. The van der Waals surface area contributed by atoms with Gasteiger partial charge >= 0.3 is 6.18 Å². The zero-order valence-corrected chi connectivity index (χ0v) is 7.57. The van der Waals surface area contributed by atoms with Crippen molar-refractivity contribution in [1.82, 2.24) is 4.98 Å². The number of hydrogen-bond acceptors (Lipinski definition) is 2. The van der Waals surface area contributed by atoms with Gasteiger partial charge in [-0.15, -0.1) is 0 Å². The molecule has 1 heterocycles. The van der Waals surface area contributed by atoms with E-state index in [2.05, 4.69) is 4.98 Å². The third-order valence-electron chi connectivity index (χ3n) is 1.82. The molecule has 0 atom stereocenters. The van der Waals surface area contributed by atoms with E-state index < -0.39 is 29.5 Å². The number of nitrogens with zero attached hydrogens (tertiary/aromatic N) is 1. The molecule has 1 rings (SSSR count). The van der Waals surface area contributed by atoms with Gasteiger partial charge in [-0.05, 0) is 13.0 Å². The van der Waals surface area contributed by atoms with Crippen molar-refractivity contribution in [3.05, 3.63) is 22.9 Å². The molecule has 0 aliphatic heterocycles. The van der Waals surface area contributed by atoms with Crippen molar-refractivity contribution in [2.24, 2.45) is 0 Å². The number of hydrogen-bond donors (Lipinski definition) is 1. The van der Waals surface area contributed by atoms with Gasteiger partial charge in [0.15, 0.2) is 0 Å². The SMILES string of the molecule is Cc1nc(N)c(C(F)(F)F)cc1C(F)F. The summed E-state index contributed by atoms with van der Waals surface area (Å²) in [7, 11) is 0. The summed E-state index contributed by atoms with van der Waals surface area (Å²) in [5.41, 5.74) is 2.72. The topological polar surface area (TPSA) is 38.9 Å². The maximum absolute atomic E-state index is 12.3. The Kier molecular flexibility index (Phi) is 2.83. The lowest BCUT2D eigenvalue weighted by atomic mass is 10.1. The van der Waals surface area contributed by atoms with Crippen molar-refractivity contribution >= 4 is 5.82 Å². The number of nitrogen functional groups attached to an aromatic ring is 1. The first-order chi connectivity index (χ1) is 6.73. The molecule has 0 unspecified atom stereocenters. The lowest BCUT2D eigenvalue weighted by Crippen LogP contribution is -2.12. The van der Waals surface area contributed by atoms with Gasteiger partial charge in [0.25, 0.3) is 6.43 Å². The van der Waals surface area contributed by atoms with Gasteiger partial charge in [-0.1, -0.05) is 0 Å². The summed E-state index contributed by atoms with van der Waals surface area (Å²) in [6, 6.07) is 0.336. The molecule has 0 bridgehead atoms. The molecule has 0 fully saturated rings. The molecule has 0 aromatic carbocycles. The van der Waals surface area contributed by atoms with Crippen LogP contribution in [0.3, 0.4) is 0 Å². The van der Waals surface area contributed by atoms with Crippen molar-refractivity contribution in [3.8, 4) is 0 Å². The summed E-state index contributed by atoms with van der Waals surface area (Å²) in [6.45, 7) is 1.18. The average molecular weight is 226 g/mol. The summed E-state index contributed by atoms with van der Waals surface area (Å²) >= 11 is 0. The molecular weight excluding hydrogens is 219 g/mol. The van der Waals surface area contributed by atoms with Crippen LogP contribution in [0.1, 0.15) is 23.2 Å². The van der Waals surface area contributed by atoms with E-state index in [0.29, 0.717) is 6.07 Å². The first-order valence-corrected chi connectivity index (χ1v) is 3.86. The number of anilines is 1. The Hall–Kier alpha value is -1.40. The number of aromatic nitrogens is 1. The van der Waals surface area contributed by atoms with Crippen LogP contribution in [0.2, 0.25) is 0 Å². The molecule has 1 aromatic heterocycles. The number of rotatable bonds is 1. The van der Waals surface area contributed by atoms with Crippen LogP contribution in [-0.2, 0) is 6.18 Å². The Morgan fingerprint density at radius 2 is 1.87 bits per heavy atom. The Morgan fingerprint density at radius 1 is 1.33 bits per heavy atom. The van der Waals surface area contributed by atoms with Crippen LogP contribution in [0.4, 0.5) is 27.8 Å². The van der Waals surface area contributed by atoms with Crippen LogP contribution < -0.4 is 5.73 Å². The third-order valence-corrected chi connectivity index (χ3v) is 1.82. The fourth-order valence-corrected chi connectivity index (χ4v) is 1.09. The Labute approximate surface area is 81.9 Å². The smallest absolute Gasteiger partial charge is 0.383 e. The maximum Gasteiger partial charge on any atom is 0.419 e. The molecule has 2 N–H and O–H groups in total. The quantitative estimate of drug-likeness (QED) is 0.747. The number of pyridine rings is 1. The summed E-state index contributed by atoms with van der Waals surface area (Å²) in [6.07, 6.45) is -7.77. The van der Waals surface area contributed by atoms with Crippen LogP contribution >= 0.6 is 0 Å². The second-order valence-corrected chi connectivity index (χ2v) is 2.89. The number of halogens is 5. The highest BCUT2D eigenvalue weighted by molar-refractivity contribution is 5.45. The van der Waals surface area contributed by atoms with E-state index in [1.807, 2.05) is 0 Å². The van der Waals surface area contributed by atoms with Gasteiger partial charge < -0.3 is 5.73 Å². The standard InChI is InChI=1S/C8H7F5N2/c1-3-4(6(9)10)2-5(7(14)15-3)8(11,12)13/h2,6H,1H3,(H2,14,15). The third kappa shape index (κ3) is 2.34. The predicted molar refractivity (Wildman–Crippen MR) is 43.3 cm³/mol. The summed E-state index contributed by atoms with van der Waals surface area (Å²) in [4.78, 5) is 3.24. The van der Waals surface area contributed by atoms with Crippen molar-refractivity contribution in [2.45, 2.75) is 19.5 Å². The van der Waals surface area contributed by atoms with Gasteiger partial charge in [0, 0.05) is 11.3 Å². The van der Waals surface area contributed by atoms with Crippen LogP contribution in [0.25, 0.3) is 0 Å². The highest BCUT2D eigenvalue weighted by Crippen LogP contribution is 2.35. The van der Waals surface area contributed by atoms with E-state index in [4.69, 9.17) is 5.73 Å². The molecule has 0 radical (unpaired) electrons. The second kappa shape index (κ2) is 3.63. The van der Waals surface area contributed by atoms with E-state index in [-0.39, 0.29) is 5.69 Å². The summed E-state index contributed by atoms with van der Waals surface area (Å²) < 4.78 is 61.3. The van der Waals surface area contributed by atoms with E-state index in [0.717, 1.165) is 0 Å². The molecular formula is C8H7F5N2. The van der Waals surface area contributed by atoms with Gasteiger partial charge in [0.2, 0.25) is 0 Å². The second-order valence-electron chi connectivity index (χ2n) is 2.89. The average Bonchev–Trinajstić information content (AvgIpc) is 2.00. The van der Waals surface area contributed by atoms with Crippen LogP contribution in [0, 0.1) is 6.92 Å². The van der Waals surface area contributed by atoms with Crippen molar-refractivity contribution in [1.29, 1.82) is 0 Å². The van der Waals surface area contributed by atoms with Gasteiger partial charge in [0.1, 0.15) is 5.82 Å². The molecule has 0 saturated heterocycles. The van der Waals surface area contributed by atoms with Gasteiger partial charge in [0.05, 0.1) is 5.56 Å². The minimum Gasteiger partial charge on any atom is -0.383 e. The van der Waals surface area contributed by atoms with E-state index in [1.54, 1.807) is 0 Å². The largest absolute Gasteiger partial charge is 0.419 e. The van der Waals surface area contributed by atoms with Crippen molar-refractivity contribution in [2.75, 3.05) is 5.73 Å². The Balaban J connectivity index is 3.37. The molecule has 1 aromatic rings. The van der Waals surface area contributed by atoms with Crippen molar-refractivity contribution < 1.29 is 22.0 Å². The van der Waals surface area contributed by atoms with E-state index >= 15 is 0 Å². The zero-order valence-electron chi connectivity index (χ0n) is 7.57. The normalized spacial score (nSPS) is 12.2. The zero-order chi connectivity index (χ0) is 11.8. The number of alkyl halides is 5. The molecule has 0 aliphatic carbocycles. The van der Waals surface area contributed by atoms with Crippen LogP contribution in [0.5, 0.6) is 0 Å². The Bertz CT molecular complexity index is 372. The molecule has 0 amide bonds. The highest BCUT2D eigenvalue weighted by atomic mass is 19.4. The number of nitrogens with two attached hydrogens (primary N) is 1. The molecule has 2 nitrogen and oxygen atoms in total.